The first kappa shape index (κ1) is 25.1. The summed E-state index contributed by atoms with van der Waals surface area (Å²) in [5.74, 6) is 1.94. The summed E-state index contributed by atoms with van der Waals surface area (Å²) in [6, 6.07) is 12.4. The van der Waals surface area contributed by atoms with E-state index in [4.69, 9.17) is 14.2 Å². The number of carbonyl (C=O) groups is 1. The van der Waals surface area contributed by atoms with E-state index in [0.29, 0.717) is 36.9 Å². The smallest absolute Gasteiger partial charge is 0.272 e. The number of hydrogen-bond donors (Lipinski definition) is 0. The first-order valence-corrected chi connectivity index (χ1v) is 13.1. The number of hydrogen-bond acceptors (Lipinski definition) is 7. The van der Waals surface area contributed by atoms with Gasteiger partial charge < -0.3 is 23.7 Å². The van der Waals surface area contributed by atoms with Gasteiger partial charge in [0.15, 0.2) is 11.5 Å². The molecule has 6 rings (SSSR count). The van der Waals surface area contributed by atoms with E-state index in [-0.39, 0.29) is 5.91 Å². The van der Waals surface area contributed by atoms with E-state index < -0.39 is 0 Å². The van der Waals surface area contributed by atoms with Crippen LogP contribution in [0.25, 0.3) is 17.1 Å². The maximum absolute atomic E-state index is 13.7. The van der Waals surface area contributed by atoms with Crippen LogP contribution in [0, 0.1) is 0 Å². The van der Waals surface area contributed by atoms with Crippen LogP contribution in [-0.4, -0.2) is 81.4 Å². The Balaban J connectivity index is 1.45. The highest BCUT2D eigenvalue weighted by molar-refractivity contribution is 5.92. The number of benzene rings is 2. The topological polar surface area (TPSA) is 86.9 Å². The van der Waals surface area contributed by atoms with Crippen molar-refractivity contribution < 1.29 is 19.0 Å². The maximum atomic E-state index is 13.7. The molecule has 2 aromatic carbocycles. The summed E-state index contributed by atoms with van der Waals surface area (Å²) < 4.78 is 21.1. The van der Waals surface area contributed by atoms with E-state index in [1.807, 2.05) is 36.3 Å². The van der Waals surface area contributed by atoms with Crippen LogP contribution in [0.2, 0.25) is 0 Å². The second kappa shape index (κ2) is 10.9. The van der Waals surface area contributed by atoms with Gasteiger partial charge in [0, 0.05) is 56.9 Å². The molecule has 0 N–H and O–H groups in total. The fourth-order valence-corrected chi connectivity index (χ4v) is 5.20. The first-order valence-electron chi connectivity index (χ1n) is 13.1. The second-order valence-electron chi connectivity index (χ2n) is 9.85. The van der Waals surface area contributed by atoms with E-state index in [2.05, 4.69) is 37.6 Å². The molecule has 39 heavy (non-hydrogen) atoms. The molecular weight excluding hydrogens is 496 g/mol. The lowest BCUT2D eigenvalue weighted by Gasteiger charge is -2.27. The molecule has 0 radical (unpaired) electrons. The van der Waals surface area contributed by atoms with Gasteiger partial charge in [-0.25, -0.2) is 9.97 Å². The van der Waals surface area contributed by atoms with Crippen LogP contribution in [0.3, 0.4) is 0 Å². The highest BCUT2D eigenvalue weighted by Gasteiger charge is 2.22. The van der Waals surface area contributed by atoms with Gasteiger partial charge in [-0.05, 0) is 41.5 Å². The van der Waals surface area contributed by atoms with Crippen LogP contribution in [-0.2, 0) is 24.9 Å². The monoisotopic (exact) mass is 528 g/mol. The number of rotatable bonds is 4. The molecule has 0 unspecified atom stereocenters. The van der Waals surface area contributed by atoms with Gasteiger partial charge in [-0.15, -0.1) is 0 Å². The van der Waals surface area contributed by atoms with Crippen molar-refractivity contribution in [2.24, 2.45) is 7.05 Å². The largest absolute Gasteiger partial charge is 0.493 e. The summed E-state index contributed by atoms with van der Waals surface area (Å²) >= 11 is 0. The number of carbonyl (C=O) groups excluding carboxylic acids is 1. The SMILES string of the molecule is COc1ccc2cc1OCCN(C(=O)c1cncn1C)Cc1cc(CN3CCOCC3)cc(c1)-n1ccnc1-2. The van der Waals surface area contributed by atoms with Crippen molar-refractivity contribution in [1.82, 2.24) is 28.9 Å². The number of amides is 1. The van der Waals surface area contributed by atoms with Gasteiger partial charge in [-0.1, -0.05) is 6.07 Å². The molecule has 0 saturated carbocycles. The minimum absolute atomic E-state index is 0.0994. The quantitative estimate of drug-likeness (QED) is 0.402. The predicted octanol–water partition coefficient (Wildman–Crippen LogP) is 3.15. The summed E-state index contributed by atoms with van der Waals surface area (Å²) in [5, 5.41) is 0. The second-order valence-corrected chi connectivity index (χ2v) is 9.85. The van der Waals surface area contributed by atoms with E-state index in [1.54, 1.807) is 30.4 Å². The third-order valence-corrected chi connectivity index (χ3v) is 7.20. The molecular formula is C29H32N6O4. The van der Waals surface area contributed by atoms with Crippen molar-refractivity contribution in [1.29, 1.82) is 0 Å². The average Bonchev–Trinajstić information content (AvgIpc) is 3.61. The Morgan fingerprint density at radius 1 is 1.08 bits per heavy atom. The number of fused-ring (bicyclic) bond motifs is 7. The van der Waals surface area contributed by atoms with Crippen molar-refractivity contribution in [3.8, 4) is 28.6 Å². The minimum Gasteiger partial charge on any atom is -0.493 e. The zero-order valence-electron chi connectivity index (χ0n) is 22.2. The van der Waals surface area contributed by atoms with E-state index in [9.17, 15) is 4.79 Å². The molecule has 10 nitrogen and oxygen atoms in total. The first-order chi connectivity index (χ1) is 19.1. The molecule has 2 aliphatic heterocycles. The van der Waals surface area contributed by atoms with Gasteiger partial charge in [0.2, 0.25) is 0 Å². The van der Waals surface area contributed by atoms with Crippen molar-refractivity contribution in [3.63, 3.8) is 0 Å². The van der Waals surface area contributed by atoms with E-state index in [1.165, 1.54) is 5.56 Å². The fourth-order valence-electron chi connectivity index (χ4n) is 5.20. The van der Waals surface area contributed by atoms with Gasteiger partial charge in [0.25, 0.3) is 5.91 Å². The molecule has 10 heteroatoms. The lowest BCUT2D eigenvalue weighted by Crippen LogP contribution is -2.36. The van der Waals surface area contributed by atoms with Gasteiger partial charge in [-0.3, -0.25) is 14.3 Å². The number of ether oxygens (including phenoxy) is 3. The minimum atomic E-state index is -0.0994. The normalized spacial score (nSPS) is 15.9. The predicted molar refractivity (Wildman–Crippen MR) is 145 cm³/mol. The fraction of sp³-hybridized carbons (Fsp3) is 0.345. The van der Waals surface area contributed by atoms with Gasteiger partial charge in [0.05, 0.1) is 39.4 Å². The van der Waals surface area contributed by atoms with Gasteiger partial charge in [0.1, 0.15) is 18.1 Å². The zero-order chi connectivity index (χ0) is 26.8. The summed E-state index contributed by atoms with van der Waals surface area (Å²) in [4.78, 5) is 26.7. The number of imidazole rings is 2. The molecule has 2 aliphatic rings. The molecule has 202 valence electrons. The number of aromatic nitrogens is 4. The molecule has 4 heterocycles. The standard InChI is InChI=1S/C29H32N6O4/c1-32-20-30-17-25(32)29(36)34-9-12-39-27-16-23(3-4-26(27)37-2)28-31-5-6-35(28)24-14-21(13-22(15-24)19-34)18-33-7-10-38-11-8-33/h3-6,13-17,20H,7-12,18-19H2,1-2H3. The van der Waals surface area contributed by atoms with E-state index >= 15 is 0 Å². The lowest BCUT2D eigenvalue weighted by atomic mass is 10.1. The molecule has 2 aromatic heterocycles. The van der Waals surface area contributed by atoms with E-state index in [0.717, 1.165) is 55.5 Å². The third-order valence-electron chi connectivity index (χ3n) is 7.20. The molecule has 4 bridgehead atoms. The van der Waals surface area contributed by atoms with Crippen molar-refractivity contribution in [2.75, 3.05) is 46.6 Å². The highest BCUT2D eigenvalue weighted by Crippen LogP contribution is 2.33. The lowest BCUT2D eigenvalue weighted by molar-refractivity contribution is 0.0341. The summed E-state index contributed by atoms with van der Waals surface area (Å²) in [6.07, 6.45) is 7.02. The van der Waals surface area contributed by atoms with Crippen LogP contribution in [0.4, 0.5) is 0 Å². The molecule has 1 amide bonds. The molecule has 1 saturated heterocycles. The molecule has 0 atom stereocenters. The van der Waals surface area contributed by atoms with Crippen LogP contribution < -0.4 is 9.47 Å². The van der Waals surface area contributed by atoms with Crippen LogP contribution in [0.5, 0.6) is 11.5 Å². The summed E-state index contributed by atoms with van der Waals surface area (Å²) in [6.45, 7) is 5.20. The van der Waals surface area contributed by atoms with Crippen molar-refractivity contribution in [2.45, 2.75) is 13.1 Å². The molecule has 4 aromatic rings. The van der Waals surface area contributed by atoms with Crippen LogP contribution >= 0.6 is 0 Å². The van der Waals surface area contributed by atoms with Crippen molar-refractivity contribution in [3.05, 3.63) is 78.1 Å². The Morgan fingerprint density at radius 3 is 2.74 bits per heavy atom. The number of nitrogens with zero attached hydrogens (tertiary/aromatic N) is 6. The zero-order valence-corrected chi connectivity index (χ0v) is 22.2. The number of aryl methyl sites for hydroxylation is 1. The Morgan fingerprint density at radius 2 is 1.95 bits per heavy atom. The van der Waals surface area contributed by atoms with Gasteiger partial charge >= 0.3 is 0 Å². The molecule has 1 fully saturated rings. The number of morpholine rings is 1. The maximum Gasteiger partial charge on any atom is 0.272 e. The van der Waals surface area contributed by atoms with Crippen molar-refractivity contribution >= 4 is 5.91 Å². The highest BCUT2D eigenvalue weighted by atomic mass is 16.5. The Bertz CT molecular complexity index is 1470. The van der Waals surface area contributed by atoms with Gasteiger partial charge in [-0.2, -0.15) is 0 Å². The Hall–Kier alpha value is -4.15. The summed E-state index contributed by atoms with van der Waals surface area (Å²) in [5.41, 5.74) is 4.65. The molecule has 0 aliphatic carbocycles. The van der Waals surface area contributed by atoms with Crippen LogP contribution in [0.1, 0.15) is 21.6 Å². The van der Waals surface area contributed by atoms with Crippen LogP contribution in [0.15, 0.2) is 61.3 Å². The Kier molecular flexibility index (Phi) is 7.04. The molecule has 0 spiro atoms. The average molecular weight is 529 g/mol. The number of methoxy groups -OCH3 is 1. The summed E-state index contributed by atoms with van der Waals surface area (Å²) in [7, 11) is 3.45. The third kappa shape index (κ3) is 5.25. The Labute approximate surface area is 227 Å².